The number of hydrogen-bond donors (Lipinski definition) is 1. The summed E-state index contributed by atoms with van der Waals surface area (Å²) >= 11 is 0. The lowest BCUT2D eigenvalue weighted by atomic mass is 10.2. The molecule has 0 radical (unpaired) electrons. The zero-order valence-corrected chi connectivity index (χ0v) is 10.8. The lowest BCUT2D eigenvalue weighted by molar-refractivity contribution is -0.130. The van der Waals surface area contributed by atoms with E-state index in [1.54, 1.807) is 18.5 Å². The zero-order valence-electron chi connectivity index (χ0n) is 10.8. The first-order chi connectivity index (χ1) is 9.83. The topological polar surface area (TPSA) is 60.5 Å². The van der Waals surface area contributed by atoms with Crippen LogP contribution >= 0.6 is 0 Å². The van der Waals surface area contributed by atoms with Crippen molar-refractivity contribution < 1.29 is 14.3 Å². The highest BCUT2D eigenvalue weighted by Gasteiger charge is 2.26. The Hall–Kier alpha value is -2.56. The summed E-state index contributed by atoms with van der Waals surface area (Å²) in [6, 6.07) is 11.0. The molecule has 2 aromatic rings. The van der Waals surface area contributed by atoms with Crippen LogP contribution in [0.5, 0.6) is 11.5 Å². The fourth-order valence-electron chi connectivity index (χ4n) is 1.95. The van der Waals surface area contributed by atoms with Gasteiger partial charge in [0.25, 0.3) is 5.91 Å². The van der Waals surface area contributed by atoms with Crippen LogP contribution in [0.25, 0.3) is 0 Å². The van der Waals surface area contributed by atoms with E-state index in [1.165, 1.54) is 0 Å². The third-order valence-corrected chi connectivity index (χ3v) is 3.02. The Balaban J connectivity index is 1.59. The molecule has 1 atom stereocenters. The molecule has 2 heterocycles. The number of pyridine rings is 1. The summed E-state index contributed by atoms with van der Waals surface area (Å²) in [4.78, 5) is 16.0. The molecule has 1 aliphatic rings. The highest BCUT2D eigenvalue weighted by molar-refractivity contribution is 5.81. The maximum absolute atomic E-state index is 12.0. The van der Waals surface area contributed by atoms with Gasteiger partial charge in [-0.2, -0.15) is 0 Å². The smallest absolute Gasteiger partial charge is 0.264 e. The molecule has 102 valence electrons. The Morgan fingerprint density at radius 3 is 2.75 bits per heavy atom. The normalized spacial score (nSPS) is 16.5. The number of para-hydroxylation sites is 2. The second-order valence-electron chi connectivity index (χ2n) is 4.44. The van der Waals surface area contributed by atoms with E-state index < -0.39 is 6.10 Å². The summed E-state index contributed by atoms with van der Waals surface area (Å²) in [5, 5.41) is 2.83. The number of rotatable bonds is 3. The molecule has 1 amide bonds. The Morgan fingerprint density at radius 1 is 1.20 bits per heavy atom. The van der Waals surface area contributed by atoms with Gasteiger partial charge in [0.1, 0.15) is 6.61 Å². The highest BCUT2D eigenvalue weighted by atomic mass is 16.6. The first-order valence-electron chi connectivity index (χ1n) is 6.38. The third-order valence-electron chi connectivity index (χ3n) is 3.02. The highest BCUT2D eigenvalue weighted by Crippen LogP contribution is 2.30. The number of amides is 1. The van der Waals surface area contributed by atoms with Crippen LogP contribution in [-0.2, 0) is 11.3 Å². The molecule has 0 saturated heterocycles. The fourth-order valence-corrected chi connectivity index (χ4v) is 1.95. The molecule has 1 N–H and O–H groups in total. The number of nitrogens with one attached hydrogen (secondary N) is 1. The van der Waals surface area contributed by atoms with Gasteiger partial charge in [0.05, 0.1) is 0 Å². The minimum Gasteiger partial charge on any atom is -0.485 e. The molecular formula is C15H14N2O3. The molecule has 0 bridgehead atoms. The van der Waals surface area contributed by atoms with Gasteiger partial charge in [-0.1, -0.05) is 12.1 Å². The molecule has 1 aliphatic heterocycles. The molecule has 0 saturated carbocycles. The first kappa shape index (κ1) is 12.5. The largest absolute Gasteiger partial charge is 0.485 e. The minimum absolute atomic E-state index is 0.184. The number of nitrogens with zero attached hydrogens (tertiary/aromatic N) is 1. The van der Waals surface area contributed by atoms with Crippen LogP contribution in [0.4, 0.5) is 0 Å². The van der Waals surface area contributed by atoms with Crippen molar-refractivity contribution in [2.75, 3.05) is 6.61 Å². The molecule has 0 aliphatic carbocycles. The summed E-state index contributed by atoms with van der Waals surface area (Å²) in [7, 11) is 0. The Bertz CT molecular complexity index is 601. The van der Waals surface area contributed by atoms with Crippen LogP contribution in [0.15, 0.2) is 48.8 Å². The van der Waals surface area contributed by atoms with Crippen LogP contribution in [-0.4, -0.2) is 23.6 Å². The lowest BCUT2D eigenvalue weighted by Gasteiger charge is -2.25. The molecule has 1 aromatic heterocycles. The monoisotopic (exact) mass is 270 g/mol. The molecule has 20 heavy (non-hydrogen) atoms. The number of benzene rings is 1. The molecule has 5 heteroatoms. The zero-order chi connectivity index (χ0) is 13.8. The van der Waals surface area contributed by atoms with Gasteiger partial charge < -0.3 is 14.8 Å². The second kappa shape index (κ2) is 5.61. The van der Waals surface area contributed by atoms with E-state index in [-0.39, 0.29) is 12.5 Å². The van der Waals surface area contributed by atoms with Crippen LogP contribution in [0, 0.1) is 0 Å². The number of aromatic nitrogens is 1. The standard InChI is InChI=1S/C15H14N2O3/c18-15(17-9-11-5-7-16-8-6-11)14-10-19-12-3-1-2-4-13(12)20-14/h1-8,14H,9-10H2,(H,17,18)/t14-/m1/s1. The minimum atomic E-state index is -0.619. The van der Waals surface area contributed by atoms with Gasteiger partial charge in [-0.15, -0.1) is 0 Å². The van der Waals surface area contributed by atoms with Gasteiger partial charge in [0.15, 0.2) is 11.5 Å². The van der Waals surface area contributed by atoms with Gasteiger partial charge in [-0.05, 0) is 29.8 Å². The predicted molar refractivity (Wildman–Crippen MR) is 72.4 cm³/mol. The van der Waals surface area contributed by atoms with Crippen molar-refractivity contribution in [2.24, 2.45) is 0 Å². The van der Waals surface area contributed by atoms with Gasteiger partial charge in [0.2, 0.25) is 6.10 Å². The summed E-state index contributed by atoms with van der Waals surface area (Å²) in [6.07, 6.45) is 2.77. The number of hydrogen-bond acceptors (Lipinski definition) is 4. The molecule has 0 spiro atoms. The molecule has 5 nitrogen and oxygen atoms in total. The fraction of sp³-hybridized carbons (Fsp3) is 0.200. The quantitative estimate of drug-likeness (QED) is 0.919. The van der Waals surface area contributed by atoms with E-state index in [0.717, 1.165) is 5.56 Å². The molecule has 3 rings (SSSR count). The van der Waals surface area contributed by atoms with Crippen molar-refractivity contribution in [1.29, 1.82) is 0 Å². The number of carbonyl (C=O) groups is 1. The van der Waals surface area contributed by atoms with Crippen LogP contribution < -0.4 is 14.8 Å². The predicted octanol–water partition coefficient (Wildman–Crippen LogP) is 1.54. The van der Waals surface area contributed by atoms with E-state index in [1.807, 2.05) is 30.3 Å². The summed E-state index contributed by atoms with van der Waals surface area (Å²) in [6.45, 7) is 0.669. The first-order valence-corrected chi connectivity index (χ1v) is 6.38. The van der Waals surface area contributed by atoms with E-state index in [9.17, 15) is 4.79 Å². The van der Waals surface area contributed by atoms with Gasteiger partial charge in [-0.3, -0.25) is 9.78 Å². The van der Waals surface area contributed by atoms with Crippen molar-refractivity contribution in [2.45, 2.75) is 12.6 Å². The van der Waals surface area contributed by atoms with Crippen molar-refractivity contribution >= 4 is 5.91 Å². The van der Waals surface area contributed by atoms with E-state index >= 15 is 0 Å². The Kier molecular flexibility index (Phi) is 3.50. The summed E-state index contributed by atoms with van der Waals surface area (Å²) in [5.41, 5.74) is 0.991. The molecule has 0 unspecified atom stereocenters. The lowest BCUT2D eigenvalue weighted by Crippen LogP contribution is -2.43. The Morgan fingerprint density at radius 2 is 1.95 bits per heavy atom. The van der Waals surface area contributed by atoms with E-state index in [4.69, 9.17) is 9.47 Å². The second-order valence-corrected chi connectivity index (χ2v) is 4.44. The van der Waals surface area contributed by atoms with Gasteiger partial charge in [0, 0.05) is 18.9 Å². The van der Waals surface area contributed by atoms with Crippen molar-refractivity contribution in [3.8, 4) is 11.5 Å². The summed E-state index contributed by atoms with van der Waals surface area (Å²) in [5.74, 6) is 1.09. The number of ether oxygens (including phenoxy) is 2. The SMILES string of the molecule is O=C(NCc1ccncc1)[C@H]1COc2ccccc2O1. The molecular weight excluding hydrogens is 256 g/mol. The van der Waals surface area contributed by atoms with Crippen molar-refractivity contribution in [3.05, 3.63) is 54.4 Å². The maximum Gasteiger partial charge on any atom is 0.264 e. The number of carbonyl (C=O) groups excluding carboxylic acids is 1. The van der Waals surface area contributed by atoms with E-state index in [2.05, 4.69) is 10.3 Å². The van der Waals surface area contributed by atoms with Crippen molar-refractivity contribution in [3.63, 3.8) is 0 Å². The average Bonchev–Trinajstić information content (AvgIpc) is 2.53. The summed E-state index contributed by atoms with van der Waals surface area (Å²) < 4.78 is 11.1. The van der Waals surface area contributed by atoms with Crippen LogP contribution in [0.3, 0.4) is 0 Å². The molecule has 0 fully saturated rings. The van der Waals surface area contributed by atoms with Gasteiger partial charge in [-0.25, -0.2) is 0 Å². The van der Waals surface area contributed by atoms with Crippen LogP contribution in [0.2, 0.25) is 0 Å². The number of fused-ring (bicyclic) bond motifs is 1. The maximum atomic E-state index is 12.0. The third kappa shape index (κ3) is 2.71. The van der Waals surface area contributed by atoms with Gasteiger partial charge >= 0.3 is 0 Å². The van der Waals surface area contributed by atoms with E-state index in [0.29, 0.717) is 18.0 Å². The average molecular weight is 270 g/mol. The Labute approximate surface area is 116 Å². The molecule has 1 aromatic carbocycles. The van der Waals surface area contributed by atoms with Crippen LogP contribution in [0.1, 0.15) is 5.56 Å². The van der Waals surface area contributed by atoms with Crippen molar-refractivity contribution in [1.82, 2.24) is 10.3 Å².